The molecule has 0 aliphatic rings. The van der Waals surface area contributed by atoms with Crippen LogP contribution in [0.4, 0.5) is 5.82 Å². The van der Waals surface area contributed by atoms with Crippen molar-refractivity contribution in [2.45, 2.75) is 20.8 Å². The minimum absolute atomic E-state index is 0.134. The highest BCUT2D eigenvalue weighted by molar-refractivity contribution is 5.93. The lowest BCUT2D eigenvalue weighted by Crippen LogP contribution is -2.43. The van der Waals surface area contributed by atoms with Gasteiger partial charge in [-0.2, -0.15) is 0 Å². The third-order valence-corrected chi connectivity index (χ3v) is 2.76. The van der Waals surface area contributed by atoms with Gasteiger partial charge in [-0.05, 0) is 20.8 Å². The van der Waals surface area contributed by atoms with Crippen molar-refractivity contribution in [2.24, 2.45) is 5.41 Å². The van der Waals surface area contributed by atoms with Gasteiger partial charge in [0.25, 0.3) is 5.91 Å². The molecule has 2 amide bonds. The van der Waals surface area contributed by atoms with Crippen molar-refractivity contribution in [1.82, 2.24) is 20.6 Å². The Kier molecular flexibility index (Phi) is 5.42. The highest BCUT2D eigenvalue weighted by Gasteiger charge is 2.27. The van der Waals surface area contributed by atoms with Crippen molar-refractivity contribution in [2.75, 3.05) is 25.5 Å². The van der Waals surface area contributed by atoms with Crippen molar-refractivity contribution < 1.29 is 9.59 Å². The normalized spacial score (nSPS) is 10.8. The molecular formula is C13H21N5O2. The molecule has 0 saturated carbocycles. The van der Waals surface area contributed by atoms with E-state index >= 15 is 0 Å². The lowest BCUT2D eigenvalue weighted by atomic mass is 9.92. The van der Waals surface area contributed by atoms with E-state index in [0.717, 1.165) is 0 Å². The molecule has 1 heterocycles. The lowest BCUT2D eigenvalue weighted by molar-refractivity contribution is -0.128. The number of carbonyl (C=O) groups is 2. The molecule has 0 bridgehead atoms. The molecule has 3 N–H and O–H groups in total. The van der Waals surface area contributed by atoms with Crippen LogP contribution in [0.15, 0.2) is 12.4 Å². The largest absolute Gasteiger partial charge is 0.369 e. The average Bonchev–Trinajstić information content (AvgIpc) is 2.44. The van der Waals surface area contributed by atoms with Gasteiger partial charge >= 0.3 is 0 Å². The maximum atomic E-state index is 12.0. The molecule has 0 atom stereocenters. The summed E-state index contributed by atoms with van der Waals surface area (Å²) >= 11 is 0. The molecule has 0 spiro atoms. The zero-order chi connectivity index (χ0) is 15.2. The third kappa shape index (κ3) is 4.18. The van der Waals surface area contributed by atoms with Gasteiger partial charge in [-0.15, -0.1) is 0 Å². The topological polar surface area (TPSA) is 96.0 Å². The van der Waals surface area contributed by atoms with Crippen molar-refractivity contribution in [3.8, 4) is 0 Å². The Hall–Kier alpha value is -2.18. The lowest BCUT2D eigenvalue weighted by Gasteiger charge is -2.22. The van der Waals surface area contributed by atoms with E-state index in [9.17, 15) is 9.59 Å². The SMILES string of the molecule is CCNc1cncc(C(=O)NCC(C)(C)C(=O)NC)n1. The zero-order valence-electron chi connectivity index (χ0n) is 12.3. The summed E-state index contributed by atoms with van der Waals surface area (Å²) in [5.41, 5.74) is -0.465. The quantitative estimate of drug-likeness (QED) is 0.701. The Labute approximate surface area is 118 Å². The van der Waals surface area contributed by atoms with Gasteiger partial charge in [0.05, 0.1) is 17.8 Å². The van der Waals surface area contributed by atoms with Crippen LogP contribution < -0.4 is 16.0 Å². The van der Waals surface area contributed by atoms with Crippen LogP contribution in [0.5, 0.6) is 0 Å². The van der Waals surface area contributed by atoms with E-state index in [1.807, 2.05) is 6.92 Å². The van der Waals surface area contributed by atoms with Crippen molar-refractivity contribution in [1.29, 1.82) is 0 Å². The molecule has 20 heavy (non-hydrogen) atoms. The molecule has 1 aromatic rings. The Morgan fingerprint density at radius 1 is 1.30 bits per heavy atom. The maximum absolute atomic E-state index is 12.0. The first-order valence-electron chi connectivity index (χ1n) is 6.47. The van der Waals surface area contributed by atoms with E-state index in [1.165, 1.54) is 6.20 Å². The smallest absolute Gasteiger partial charge is 0.271 e. The Morgan fingerprint density at radius 2 is 2.00 bits per heavy atom. The summed E-state index contributed by atoms with van der Waals surface area (Å²) in [4.78, 5) is 31.7. The second kappa shape index (κ2) is 6.83. The summed E-state index contributed by atoms with van der Waals surface area (Å²) in [6.45, 7) is 6.36. The summed E-state index contributed by atoms with van der Waals surface area (Å²) in [6, 6.07) is 0. The van der Waals surface area contributed by atoms with Crippen LogP contribution in [0.2, 0.25) is 0 Å². The molecule has 110 valence electrons. The van der Waals surface area contributed by atoms with Gasteiger partial charge in [0.15, 0.2) is 0 Å². The first kappa shape index (κ1) is 15.9. The highest BCUT2D eigenvalue weighted by Crippen LogP contribution is 2.13. The molecular weight excluding hydrogens is 258 g/mol. The van der Waals surface area contributed by atoms with E-state index in [4.69, 9.17) is 0 Å². The van der Waals surface area contributed by atoms with E-state index in [1.54, 1.807) is 27.1 Å². The van der Waals surface area contributed by atoms with Crippen LogP contribution in [0.25, 0.3) is 0 Å². The summed E-state index contributed by atoms with van der Waals surface area (Å²) < 4.78 is 0. The van der Waals surface area contributed by atoms with Gasteiger partial charge in [0.1, 0.15) is 11.5 Å². The predicted molar refractivity (Wildman–Crippen MR) is 76.4 cm³/mol. The molecule has 0 unspecified atom stereocenters. The van der Waals surface area contributed by atoms with E-state index in [0.29, 0.717) is 12.4 Å². The fourth-order valence-electron chi connectivity index (χ4n) is 1.55. The number of rotatable bonds is 6. The number of aromatic nitrogens is 2. The number of amides is 2. The second-order valence-electron chi connectivity index (χ2n) is 4.97. The second-order valence-corrected chi connectivity index (χ2v) is 4.97. The van der Waals surface area contributed by atoms with Crippen molar-refractivity contribution >= 4 is 17.6 Å². The molecule has 0 radical (unpaired) electrons. The van der Waals surface area contributed by atoms with Gasteiger partial charge in [-0.25, -0.2) is 4.98 Å². The number of hydrogen-bond donors (Lipinski definition) is 3. The van der Waals surface area contributed by atoms with Crippen LogP contribution in [0.1, 0.15) is 31.3 Å². The Morgan fingerprint density at radius 3 is 2.60 bits per heavy atom. The van der Waals surface area contributed by atoms with Crippen LogP contribution in [-0.2, 0) is 4.79 Å². The Bertz CT molecular complexity index is 487. The van der Waals surface area contributed by atoms with Gasteiger partial charge in [0, 0.05) is 20.1 Å². The Balaban J connectivity index is 2.67. The molecule has 0 fully saturated rings. The first-order valence-corrected chi connectivity index (χ1v) is 6.47. The molecule has 0 aliphatic heterocycles. The number of carbonyl (C=O) groups excluding carboxylic acids is 2. The van der Waals surface area contributed by atoms with Crippen molar-refractivity contribution in [3.05, 3.63) is 18.1 Å². The maximum Gasteiger partial charge on any atom is 0.271 e. The number of hydrogen-bond acceptors (Lipinski definition) is 5. The van der Waals surface area contributed by atoms with Gasteiger partial charge in [-0.1, -0.05) is 0 Å². The zero-order valence-corrected chi connectivity index (χ0v) is 12.3. The first-order chi connectivity index (χ1) is 9.40. The standard InChI is InChI=1S/C13H21N5O2/c1-5-16-10-7-15-6-9(18-10)11(19)17-8-13(2,3)12(20)14-4/h6-7H,5,8H2,1-4H3,(H,14,20)(H,16,18)(H,17,19). The minimum Gasteiger partial charge on any atom is -0.369 e. The van der Waals surface area contributed by atoms with Gasteiger partial charge in [0.2, 0.25) is 5.91 Å². The van der Waals surface area contributed by atoms with Gasteiger partial charge in [-0.3, -0.25) is 14.6 Å². The van der Waals surface area contributed by atoms with Crippen LogP contribution in [0, 0.1) is 5.41 Å². The predicted octanol–water partition coefficient (Wildman–Crippen LogP) is 0.410. The molecule has 7 nitrogen and oxygen atoms in total. The third-order valence-electron chi connectivity index (χ3n) is 2.76. The number of nitrogens with zero attached hydrogens (tertiary/aromatic N) is 2. The van der Waals surface area contributed by atoms with Crippen molar-refractivity contribution in [3.63, 3.8) is 0 Å². The summed E-state index contributed by atoms with van der Waals surface area (Å²) in [6.07, 6.45) is 2.94. The van der Waals surface area contributed by atoms with E-state index < -0.39 is 5.41 Å². The molecule has 1 aromatic heterocycles. The van der Waals surface area contributed by atoms with Crippen LogP contribution in [-0.4, -0.2) is 41.9 Å². The molecule has 0 saturated heterocycles. The number of anilines is 1. The van der Waals surface area contributed by atoms with Crippen LogP contribution in [0.3, 0.4) is 0 Å². The molecule has 0 aliphatic carbocycles. The van der Waals surface area contributed by atoms with Crippen LogP contribution >= 0.6 is 0 Å². The summed E-state index contributed by atoms with van der Waals surface area (Å²) in [5.74, 6) is 0.0604. The fourth-order valence-corrected chi connectivity index (χ4v) is 1.55. The van der Waals surface area contributed by atoms with E-state index in [-0.39, 0.29) is 24.1 Å². The van der Waals surface area contributed by atoms with E-state index in [2.05, 4.69) is 25.9 Å². The monoisotopic (exact) mass is 279 g/mol. The molecule has 7 heteroatoms. The highest BCUT2D eigenvalue weighted by atomic mass is 16.2. The number of nitrogens with one attached hydrogen (secondary N) is 3. The van der Waals surface area contributed by atoms with Gasteiger partial charge < -0.3 is 16.0 Å². The molecule has 1 rings (SSSR count). The summed E-state index contributed by atoms with van der Waals surface area (Å²) in [5, 5.41) is 8.24. The summed E-state index contributed by atoms with van der Waals surface area (Å²) in [7, 11) is 1.57. The molecule has 0 aromatic carbocycles. The minimum atomic E-state index is -0.683. The average molecular weight is 279 g/mol. The fraction of sp³-hybridized carbons (Fsp3) is 0.538.